The van der Waals surface area contributed by atoms with Crippen LogP contribution in [0.3, 0.4) is 0 Å². The van der Waals surface area contributed by atoms with Crippen molar-refractivity contribution < 1.29 is 14.3 Å². The fraction of sp³-hybridized carbons (Fsp3) is 0.250. The van der Waals surface area contributed by atoms with E-state index in [9.17, 15) is 4.79 Å². The molecule has 0 radical (unpaired) electrons. The molecule has 2 aromatic rings. The summed E-state index contributed by atoms with van der Waals surface area (Å²) in [5, 5.41) is 2.95. The molecule has 4 heteroatoms. The van der Waals surface area contributed by atoms with Crippen LogP contribution >= 0.6 is 0 Å². The fourth-order valence-electron chi connectivity index (χ4n) is 2.46. The number of benzene rings is 2. The summed E-state index contributed by atoms with van der Waals surface area (Å²) in [5.41, 5.74) is 3.03. The van der Waals surface area contributed by atoms with Crippen molar-refractivity contribution in [3.8, 4) is 11.5 Å². The number of hydrogen-bond donors (Lipinski definition) is 1. The predicted molar refractivity (Wildman–Crippen MR) is 96.3 cm³/mol. The number of aryl methyl sites for hydroxylation is 1. The average Bonchev–Trinajstić information content (AvgIpc) is 2.59. The van der Waals surface area contributed by atoms with Gasteiger partial charge in [-0.05, 0) is 43.7 Å². The Bertz CT molecular complexity index is 737. The highest BCUT2D eigenvalue weighted by molar-refractivity contribution is 5.92. The van der Waals surface area contributed by atoms with Crippen LogP contribution in [0.5, 0.6) is 11.5 Å². The Kier molecular flexibility index (Phi) is 6.01. The predicted octanol–water partition coefficient (Wildman–Crippen LogP) is 3.90. The maximum absolute atomic E-state index is 12.2. The molecule has 1 unspecified atom stereocenters. The Labute approximate surface area is 143 Å². The number of carbonyl (C=O) groups excluding carboxylic acids is 1. The normalized spacial score (nSPS) is 12.0. The smallest absolute Gasteiger partial charge is 0.244 e. The van der Waals surface area contributed by atoms with Gasteiger partial charge >= 0.3 is 0 Å². The molecule has 0 spiro atoms. The molecular formula is C20H23NO3. The van der Waals surface area contributed by atoms with Gasteiger partial charge in [0.2, 0.25) is 5.91 Å². The fourth-order valence-corrected chi connectivity index (χ4v) is 2.46. The molecule has 0 heterocycles. The van der Waals surface area contributed by atoms with E-state index in [0.717, 1.165) is 22.4 Å². The van der Waals surface area contributed by atoms with Crippen LogP contribution in [-0.4, -0.2) is 20.1 Å². The number of nitrogens with one attached hydrogen (secondary N) is 1. The Morgan fingerprint density at radius 3 is 2.58 bits per heavy atom. The Hall–Kier alpha value is -2.75. The van der Waals surface area contributed by atoms with Crippen LogP contribution in [0.15, 0.2) is 48.5 Å². The molecule has 126 valence electrons. The van der Waals surface area contributed by atoms with Gasteiger partial charge < -0.3 is 14.8 Å². The average molecular weight is 325 g/mol. The second kappa shape index (κ2) is 8.20. The van der Waals surface area contributed by atoms with Crippen LogP contribution in [0, 0.1) is 6.92 Å². The van der Waals surface area contributed by atoms with Crippen LogP contribution in [0.2, 0.25) is 0 Å². The Morgan fingerprint density at radius 2 is 1.92 bits per heavy atom. The zero-order valence-electron chi connectivity index (χ0n) is 14.5. The zero-order valence-corrected chi connectivity index (χ0v) is 14.5. The molecule has 0 saturated carbocycles. The van der Waals surface area contributed by atoms with Crippen molar-refractivity contribution in [1.82, 2.24) is 5.32 Å². The highest BCUT2D eigenvalue weighted by Gasteiger charge is 2.14. The first-order valence-corrected chi connectivity index (χ1v) is 7.80. The summed E-state index contributed by atoms with van der Waals surface area (Å²) in [6.45, 7) is 3.93. The van der Waals surface area contributed by atoms with E-state index in [-0.39, 0.29) is 11.9 Å². The molecule has 1 atom stereocenters. The molecule has 0 aromatic heterocycles. The lowest BCUT2D eigenvalue weighted by molar-refractivity contribution is -0.117. The number of ether oxygens (including phenoxy) is 2. The molecule has 0 aliphatic rings. The standard InChI is InChI=1S/C20H23NO3/c1-14-6-5-7-16(12-14)8-11-20(22)21-15(2)18-13-17(23-3)9-10-19(18)24-4/h5-13,15H,1-4H3,(H,21,22)/b11-8+. The summed E-state index contributed by atoms with van der Waals surface area (Å²) < 4.78 is 10.6. The van der Waals surface area contributed by atoms with Crippen LogP contribution in [0.25, 0.3) is 6.08 Å². The van der Waals surface area contributed by atoms with Crippen LogP contribution in [-0.2, 0) is 4.79 Å². The summed E-state index contributed by atoms with van der Waals surface area (Å²) >= 11 is 0. The first-order valence-electron chi connectivity index (χ1n) is 7.80. The van der Waals surface area contributed by atoms with E-state index in [0.29, 0.717) is 5.75 Å². The Morgan fingerprint density at radius 1 is 1.12 bits per heavy atom. The van der Waals surface area contributed by atoms with Gasteiger partial charge in [-0.1, -0.05) is 29.8 Å². The minimum absolute atomic E-state index is 0.158. The lowest BCUT2D eigenvalue weighted by atomic mass is 10.1. The largest absolute Gasteiger partial charge is 0.497 e. The quantitative estimate of drug-likeness (QED) is 0.819. The first-order chi connectivity index (χ1) is 11.5. The van der Waals surface area contributed by atoms with Crippen LogP contribution in [0.1, 0.15) is 29.7 Å². The summed E-state index contributed by atoms with van der Waals surface area (Å²) in [6, 6.07) is 13.3. The van der Waals surface area contributed by atoms with Gasteiger partial charge in [0.05, 0.1) is 20.3 Å². The number of methoxy groups -OCH3 is 2. The molecule has 0 saturated heterocycles. The summed E-state index contributed by atoms with van der Waals surface area (Å²) in [4.78, 5) is 12.2. The molecule has 0 aliphatic heterocycles. The number of amides is 1. The van der Waals surface area contributed by atoms with E-state index >= 15 is 0 Å². The zero-order chi connectivity index (χ0) is 17.5. The summed E-state index contributed by atoms with van der Waals surface area (Å²) in [5.74, 6) is 1.28. The van der Waals surface area contributed by atoms with Gasteiger partial charge in [-0.15, -0.1) is 0 Å². The molecule has 2 rings (SSSR count). The molecule has 0 aliphatic carbocycles. The van der Waals surface area contributed by atoms with Gasteiger partial charge in [0.25, 0.3) is 0 Å². The van der Waals surface area contributed by atoms with Crippen molar-refractivity contribution in [1.29, 1.82) is 0 Å². The molecule has 2 aromatic carbocycles. The second-order valence-electron chi connectivity index (χ2n) is 5.59. The van der Waals surface area contributed by atoms with Crippen molar-refractivity contribution >= 4 is 12.0 Å². The third kappa shape index (κ3) is 4.62. The molecule has 24 heavy (non-hydrogen) atoms. The van der Waals surface area contributed by atoms with E-state index < -0.39 is 0 Å². The van der Waals surface area contributed by atoms with Crippen molar-refractivity contribution in [2.75, 3.05) is 14.2 Å². The van der Waals surface area contributed by atoms with E-state index in [1.807, 2.05) is 56.3 Å². The van der Waals surface area contributed by atoms with E-state index in [4.69, 9.17) is 9.47 Å². The maximum Gasteiger partial charge on any atom is 0.244 e. The third-order valence-electron chi connectivity index (χ3n) is 3.73. The van der Waals surface area contributed by atoms with E-state index in [2.05, 4.69) is 5.32 Å². The molecule has 4 nitrogen and oxygen atoms in total. The summed E-state index contributed by atoms with van der Waals surface area (Å²) in [6.07, 6.45) is 3.34. The van der Waals surface area contributed by atoms with E-state index in [1.165, 1.54) is 6.08 Å². The SMILES string of the molecule is COc1ccc(OC)c(C(C)NC(=O)/C=C/c2cccc(C)c2)c1. The summed E-state index contributed by atoms with van der Waals surface area (Å²) in [7, 11) is 3.22. The van der Waals surface area contributed by atoms with Crippen molar-refractivity contribution in [2.24, 2.45) is 0 Å². The van der Waals surface area contributed by atoms with Gasteiger partial charge in [-0.3, -0.25) is 4.79 Å². The minimum atomic E-state index is -0.204. The number of hydrogen-bond acceptors (Lipinski definition) is 3. The Balaban J connectivity index is 2.08. The molecule has 0 fully saturated rings. The minimum Gasteiger partial charge on any atom is -0.497 e. The maximum atomic E-state index is 12.2. The number of carbonyl (C=O) groups is 1. The van der Waals surface area contributed by atoms with E-state index in [1.54, 1.807) is 20.3 Å². The van der Waals surface area contributed by atoms with Gasteiger partial charge in [0.15, 0.2) is 0 Å². The third-order valence-corrected chi connectivity index (χ3v) is 3.73. The van der Waals surface area contributed by atoms with Crippen molar-refractivity contribution in [3.63, 3.8) is 0 Å². The lowest BCUT2D eigenvalue weighted by Crippen LogP contribution is -2.25. The van der Waals surface area contributed by atoms with Gasteiger partial charge in [0, 0.05) is 11.6 Å². The van der Waals surface area contributed by atoms with Crippen molar-refractivity contribution in [2.45, 2.75) is 19.9 Å². The molecular weight excluding hydrogens is 302 g/mol. The number of rotatable bonds is 6. The first kappa shape index (κ1) is 17.6. The van der Waals surface area contributed by atoms with Crippen LogP contribution in [0.4, 0.5) is 0 Å². The topological polar surface area (TPSA) is 47.6 Å². The highest BCUT2D eigenvalue weighted by atomic mass is 16.5. The van der Waals surface area contributed by atoms with Crippen molar-refractivity contribution in [3.05, 3.63) is 65.2 Å². The molecule has 0 bridgehead atoms. The molecule has 1 amide bonds. The van der Waals surface area contributed by atoms with Gasteiger partial charge in [-0.25, -0.2) is 0 Å². The van der Waals surface area contributed by atoms with Gasteiger partial charge in [0.1, 0.15) is 11.5 Å². The lowest BCUT2D eigenvalue weighted by Gasteiger charge is -2.17. The second-order valence-corrected chi connectivity index (χ2v) is 5.59. The van der Waals surface area contributed by atoms with Gasteiger partial charge in [-0.2, -0.15) is 0 Å². The molecule has 1 N–H and O–H groups in total. The van der Waals surface area contributed by atoms with Crippen LogP contribution < -0.4 is 14.8 Å². The highest BCUT2D eigenvalue weighted by Crippen LogP contribution is 2.29. The monoisotopic (exact) mass is 325 g/mol.